The maximum atomic E-state index is 12.9. The topological polar surface area (TPSA) is 69.0 Å². The van der Waals surface area contributed by atoms with Gasteiger partial charge in [-0.1, -0.05) is 26.0 Å². The van der Waals surface area contributed by atoms with Crippen LogP contribution in [-0.4, -0.2) is 39.6 Å². The van der Waals surface area contributed by atoms with E-state index in [1.165, 1.54) is 12.3 Å². The average molecular weight is 438 g/mol. The van der Waals surface area contributed by atoms with E-state index in [9.17, 15) is 22.4 Å². The Morgan fingerprint density at radius 2 is 2.00 bits per heavy atom. The van der Waals surface area contributed by atoms with Crippen LogP contribution in [-0.2, 0) is 17.9 Å². The standard InChI is InChI=1S/C21H22F4N4O2/c1-13(2)10-29-18-15(9-27-29)7-16(8-26-18)19(30)28-17-5-3-4-14(6-17)11-31-12-21(24,25)20(22)23/h3-9,13,20H,10-12H2,1-2H3,(H,28,30). The molecule has 31 heavy (non-hydrogen) atoms. The third-order valence-corrected chi connectivity index (χ3v) is 4.34. The van der Waals surface area contributed by atoms with Gasteiger partial charge in [-0.25, -0.2) is 18.4 Å². The molecule has 1 amide bonds. The number of carbonyl (C=O) groups excluding carboxylic acids is 1. The molecular weight excluding hydrogens is 416 g/mol. The summed E-state index contributed by atoms with van der Waals surface area (Å²) in [6, 6.07) is 7.98. The second-order valence-corrected chi connectivity index (χ2v) is 7.57. The summed E-state index contributed by atoms with van der Waals surface area (Å²) in [4.78, 5) is 16.9. The van der Waals surface area contributed by atoms with Crippen LogP contribution in [0.15, 0.2) is 42.7 Å². The molecule has 1 aromatic carbocycles. The molecule has 0 spiro atoms. The highest BCUT2D eigenvalue weighted by molar-refractivity contribution is 6.05. The lowest BCUT2D eigenvalue weighted by molar-refractivity contribution is -0.168. The van der Waals surface area contributed by atoms with Gasteiger partial charge in [-0.2, -0.15) is 13.9 Å². The molecule has 0 saturated heterocycles. The van der Waals surface area contributed by atoms with Gasteiger partial charge in [-0.15, -0.1) is 0 Å². The maximum absolute atomic E-state index is 12.9. The number of fused-ring (bicyclic) bond motifs is 1. The summed E-state index contributed by atoms with van der Waals surface area (Å²) in [6.45, 7) is 3.16. The first-order valence-electron chi connectivity index (χ1n) is 9.61. The Kier molecular flexibility index (Phi) is 6.89. The molecule has 0 aliphatic rings. The molecule has 166 valence electrons. The van der Waals surface area contributed by atoms with E-state index in [0.29, 0.717) is 34.9 Å². The molecule has 6 nitrogen and oxygen atoms in total. The van der Waals surface area contributed by atoms with E-state index < -0.39 is 24.9 Å². The van der Waals surface area contributed by atoms with Gasteiger partial charge in [0.25, 0.3) is 5.91 Å². The molecule has 3 rings (SSSR count). The number of alkyl halides is 4. The normalized spacial score (nSPS) is 12.1. The molecule has 3 aromatic rings. The fourth-order valence-electron chi connectivity index (χ4n) is 2.89. The summed E-state index contributed by atoms with van der Waals surface area (Å²) >= 11 is 0. The van der Waals surface area contributed by atoms with Crippen molar-refractivity contribution in [3.8, 4) is 0 Å². The molecule has 0 atom stereocenters. The number of pyridine rings is 1. The molecule has 0 saturated carbocycles. The Bertz CT molecular complexity index is 1050. The van der Waals surface area contributed by atoms with E-state index >= 15 is 0 Å². The molecule has 0 radical (unpaired) electrons. The molecule has 2 aromatic heterocycles. The summed E-state index contributed by atoms with van der Waals surface area (Å²) in [7, 11) is 0. The molecule has 1 N–H and O–H groups in total. The van der Waals surface area contributed by atoms with Crippen molar-refractivity contribution in [1.29, 1.82) is 0 Å². The van der Waals surface area contributed by atoms with Crippen molar-refractivity contribution < 1.29 is 27.1 Å². The Hall–Kier alpha value is -3.01. The zero-order valence-corrected chi connectivity index (χ0v) is 17.0. The molecule has 10 heteroatoms. The van der Waals surface area contributed by atoms with Crippen LogP contribution in [0.5, 0.6) is 0 Å². The molecule has 0 aliphatic heterocycles. The van der Waals surface area contributed by atoms with Crippen LogP contribution in [0.4, 0.5) is 23.2 Å². The lowest BCUT2D eigenvalue weighted by Gasteiger charge is -2.15. The predicted molar refractivity (Wildman–Crippen MR) is 107 cm³/mol. The number of rotatable bonds is 9. The van der Waals surface area contributed by atoms with Crippen molar-refractivity contribution in [1.82, 2.24) is 14.8 Å². The van der Waals surface area contributed by atoms with Gasteiger partial charge in [0.2, 0.25) is 0 Å². The fraction of sp³-hybridized carbons (Fsp3) is 0.381. The molecular formula is C21H22F4N4O2. The van der Waals surface area contributed by atoms with E-state index in [2.05, 4.69) is 29.2 Å². The zero-order chi connectivity index (χ0) is 22.6. The zero-order valence-electron chi connectivity index (χ0n) is 17.0. The minimum Gasteiger partial charge on any atom is -0.370 e. The number of ether oxygens (including phenoxy) is 1. The van der Waals surface area contributed by atoms with Crippen molar-refractivity contribution in [2.24, 2.45) is 5.92 Å². The minimum absolute atomic E-state index is 0.297. The number of anilines is 1. The van der Waals surface area contributed by atoms with Crippen molar-refractivity contribution in [2.75, 3.05) is 11.9 Å². The van der Waals surface area contributed by atoms with Gasteiger partial charge in [-0.3, -0.25) is 4.79 Å². The predicted octanol–water partition coefficient (Wildman–Crippen LogP) is 4.76. The van der Waals surface area contributed by atoms with Gasteiger partial charge in [-0.05, 0) is 29.7 Å². The number of nitrogens with one attached hydrogen (secondary N) is 1. The first kappa shape index (κ1) is 22.7. The van der Waals surface area contributed by atoms with E-state index in [0.717, 1.165) is 5.39 Å². The van der Waals surface area contributed by atoms with Crippen LogP contribution in [0.3, 0.4) is 0 Å². The lowest BCUT2D eigenvalue weighted by atomic mass is 10.2. The van der Waals surface area contributed by atoms with Crippen molar-refractivity contribution in [3.63, 3.8) is 0 Å². The fourth-order valence-corrected chi connectivity index (χ4v) is 2.89. The van der Waals surface area contributed by atoms with Crippen molar-refractivity contribution in [3.05, 3.63) is 53.9 Å². The monoisotopic (exact) mass is 438 g/mol. The number of amides is 1. The molecule has 0 aliphatic carbocycles. The largest absolute Gasteiger partial charge is 0.370 e. The average Bonchev–Trinajstić information content (AvgIpc) is 3.09. The summed E-state index contributed by atoms with van der Waals surface area (Å²) in [5.41, 5.74) is 1.87. The summed E-state index contributed by atoms with van der Waals surface area (Å²) in [5, 5.41) is 7.73. The van der Waals surface area contributed by atoms with Crippen LogP contribution in [0.25, 0.3) is 11.0 Å². The first-order chi connectivity index (χ1) is 14.7. The van der Waals surface area contributed by atoms with E-state index in [4.69, 9.17) is 4.74 Å². The Morgan fingerprint density at radius 1 is 1.23 bits per heavy atom. The van der Waals surface area contributed by atoms with Gasteiger partial charge >= 0.3 is 12.3 Å². The van der Waals surface area contributed by atoms with E-state index in [1.54, 1.807) is 35.1 Å². The highest BCUT2D eigenvalue weighted by Crippen LogP contribution is 2.24. The number of benzene rings is 1. The second kappa shape index (κ2) is 9.42. The van der Waals surface area contributed by atoms with Crippen LogP contribution in [0.2, 0.25) is 0 Å². The van der Waals surface area contributed by atoms with Crippen LogP contribution in [0, 0.1) is 5.92 Å². The SMILES string of the molecule is CC(C)Cn1ncc2cc(C(=O)Nc3cccc(COCC(F)(F)C(F)F)c3)cnc21. The first-order valence-corrected chi connectivity index (χ1v) is 9.61. The van der Waals surface area contributed by atoms with E-state index in [1.807, 2.05) is 0 Å². The van der Waals surface area contributed by atoms with Gasteiger partial charge in [0, 0.05) is 23.8 Å². The maximum Gasteiger partial charge on any atom is 0.330 e. The van der Waals surface area contributed by atoms with Gasteiger partial charge in [0.15, 0.2) is 5.65 Å². The number of hydrogen-bond donors (Lipinski definition) is 1. The van der Waals surface area contributed by atoms with Crippen molar-refractivity contribution in [2.45, 2.75) is 39.3 Å². The number of hydrogen-bond acceptors (Lipinski definition) is 4. The highest BCUT2D eigenvalue weighted by atomic mass is 19.3. The van der Waals surface area contributed by atoms with E-state index in [-0.39, 0.29) is 6.61 Å². The Morgan fingerprint density at radius 3 is 2.71 bits per heavy atom. The van der Waals surface area contributed by atoms with Gasteiger partial charge in [0.1, 0.15) is 6.61 Å². The highest BCUT2D eigenvalue weighted by Gasteiger charge is 2.40. The Balaban J connectivity index is 1.64. The third-order valence-electron chi connectivity index (χ3n) is 4.34. The number of nitrogens with zero attached hydrogens (tertiary/aromatic N) is 3. The summed E-state index contributed by atoms with van der Waals surface area (Å²) < 4.78 is 56.7. The van der Waals surface area contributed by atoms with Gasteiger partial charge < -0.3 is 10.1 Å². The Labute approximate surface area is 176 Å². The lowest BCUT2D eigenvalue weighted by Crippen LogP contribution is -2.32. The summed E-state index contributed by atoms with van der Waals surface area (Å²) in [5.74, 6) is -4.22. The molecule has 2 heterocycles. The van der Waals surface area contributed by atoms with Crippen molar-refractivity contribution >= 4 is 22.6 Å². The molecule has 0 bridgehead atoms. The molecule has 0 fully saturated rings. The van der Waals surface area contributed by atoms with Crippen LogP contribution in [0.1, 0.15) is 29.8 Å². The summed E-state index contributed by atoms with van der Waals surface area (Å²) in [6.07, 6.45) is -0.689. The number of aromatic nitrogens is 3. The third kappa shape index (κ3) is 5.78. The minimum atomic E-state index is -4.21. The molecule has 0 unspecified atom stereocenters. The van der Waals surface area contributed by atoms with Gasteiger partial charge in [0.05, 0.1) is 18.4 Å². The van der Waals surface area contributed by atoms with Crippen LogP contribution < -0.4 is 5.32 Å². The second-order valence-electron chi connectivity index (χ2n) is 7.57. The van der Waals surface area contributed by atoms with Crippen LogP contribution >= 0.6 is 0 Å². The smallest absolute Gasteiger partial charge is 0.330 e. The number of carbonyl (C=O) groups is 1. The number of halogens is 4. The quantitative estimate of drug-likeness (QED) is 0.490.